The Kier molecular flexibility index (Phi) is 5.74. The molecule has 0 unspecified atom stereocenters. The first-order valence-electron chi connectivity index (χ1n) is 9.06. The number of Topliss-reactive ketones (excluding diaryl/α,β-unsaturated/α-hetero) is 1. The molecule has 0 saturated heterocycles. The van der Waals surface area contributed by atoms with Crippen molar-refractivity contribution in [2.24, 2.45) is 0 Å². The van der Waals surface area contributed by atoms with Gasteiger partial charge in [0, 0.05) is 24.1 Å². The molecule has 0 fully saturated rings. The number of rotatable bonds is 6. The molecule has 1 N–H and O–H groups in total. The summed E-state index contributed by atoms with van der Waals surface area (Å²) in [4.78, 5) is 33.6. The molecule has 0 aliphatic heterocycles. The van der Waals surface area contributed by atoms with Crippen LogP contribution in [0.5, 0.6) is 5.75 Å². The van der Waals surface area contributed by atoms with Crippen molar-refractivity contribution in [3.63, 3.8) is 0 Å². The number of hydrogen-bond acceptors (Lipinski definition) is 6. The van der Waals surface area contributed by atoms with Crippen LogP contribution in [-0.2, 0) is 4.79 Å². The topological polar surface area (TPSA) is 81.2 Å². The van der Waals surface area contributed by atoms with Crippen molar-refractivity contribution >= 4 is 50.7 Å². The van der Waals surface area contributed by atoms with E-state index in [1.165, 1.54) is 6.92 Å². The van der Waals surface area contributed by atoms with Gasteiger partial charge in [-0.3, -0.25) is 19.9 Å². The molecular formula is C22H16ClN3O3S. The van der Waals surface area contributed by atoms with E-state index in [1.54, 1.807) is 24.4 Å². The summed E-state index contributed by atoms with van der Waals surface area (Å²) in [5.74, 6) is -0.0435. The molecule has 2 heterocycles. The molecule has 30 heavy (non-hydrogen) atoms. The number of anilines is 1. The number of amides is 1. The molecule has 1 amide bonds. The quantitative estimate of drug-likeness (QED) is 0.417. The van der Waals surface area contributed by atoms with Gasteiger partial charge >= 0.3 is 0 Å². The van der Waals surface area contributed by atoms with Crippen molar-refractivity contribution in [1.29, 1.82) is 0 Å². The number of thiazole rings is 1. The third-order valence-electron chi connectivity index (χ3n) is 4.28. The molecule has 2 aromatic heterocycles. The highest BCUT2D eigenvalue weighted by Gasteiger charge is 2.18. The van der Waals surface area contributed by atoms with E-state index in [1.807, 2.05) is 36.4 Å². The molecule has 150 valence electrons. The third kappa shape index (κ3) is 4.17. The van der Waals surface area contributed by atoms with Crippen LogP contribution < -0.4 is 10.1 Å². The summed E-state index contributed by atoms with van der Waals surface area (Å²) >= 11 is 7.32. The maximum Gasteiger partial charge on any atom is 0.264 e. The second-order valence-corrected chi connectivity index (χ2v) is 7.81. The molecule has 8 heteroatoms. The summed E-state index contributed by atoms with van der Waals surface area (Å²) < 4.78 is 5.65. The van der Waals surface area contributed by atoms with Crippen molar-refractivity contribution in [3.05, 3.63) is 70.7 Å². The van der Waals surface area contributed by atoms with Crippen LogP contribution in [0.25, 0.3) is 22.2 Å². The summed E-state index contributed by atoms with van der Waals surface area (Å²) in [5, 5.41) is 4.35. The number of fused-ring (bicyclic) bond motifs is 1. The fourth-order valence-electron chi connectivity index (χ4n) is 2.93. The van der Waals surface area contributed by atoms with E-state index < -0.39 is 5.91 Å². The Morgan fingerprint density at radius 3 is 2.67 bits per heavy atom. The van der Waals surface area contributed by atoms with E-state index in [2.05, 4.69) is 15.3 Å². The van der Waals surface area contributed by atoms with Gasteiger partial charge in [0.2, 0.25) is 0 Å². The molecule has 0 spiro atoms. The maximum absolute atomic E-state index is 12.4. The van der Waals surface area contributed by atoms with E-state index in [0.29, 0.717) is 32.0 Å². The van der Waals surface area contributed by atoms with Gasteiger partial charge in [0.1, 0.15) is 11.3 Å². The van der Waals surface area contributed by atoms with E-state index in [9.17, 15) is 9.59 Å². The smallest absolute Gasteiger partial charge is 0.264 e. The fraction of sp³-hybridized carbons (Fsp3) is 0.0909. The minimum atomic E-state index is -0.391. The number of nitrogens with one attached hydrogen (secondary N) is 1. The summed E-state index contributed by atoms with van der Waals surface area (Å²) in [7, 11) is 0. The number of carbonyl (C=O) groups is 2. The lowest BCUT2D eigenvalue weighted by Gasteiger charge is -2.09. The average Bonchev–Trinajstić information content (AvgIpc) is 3.18. The molecule has 4 rings (SSSR count). The van der Waals surface area contributed by atoms with Gasteiger partial charge in [-0.1, -0.05) is 53.3 Å². The van der Waals surface area contributed by atoms with Gasteiger partial charge in [-0.2, -0.15) is 0 Å². The van der Waals surface area contributed by atoms with Crippen LogP contribution in [-0.4, -0.2) is 28.3 Å². The van der Waals surface area contributed by atoms with Crippen molar-refractivity contribution in [2.75, 3.05) is 11.9 Å². The Labute approximate surface area is 181 Å². The predicted molar refractivity (Wildman–Crippen MR) is 118 cm³/mol. The van der Waals surface area contributed by atoms with Gasteiger partial charge in [0.15, 0.2) is 17.5 Å². The summed E-state index contributed by atoms with van der Waals surface area (Å²) in [6.07, 6.45) is 1.63. The van der Waals surface area contributed by atoms with Gasteiger partial charge in [0.05, 0.1) is 15.6 Å². The number of nitrogens with zero attached hydrogens (tertiary/aromatic N) is 2. The monoisotopic (exact) mass is 437 g/mol. The molecule has 0 saturated carbocycles. The summed E-state index contributed by atoms with van der Waals surface area (Å²) in [5.41, 5.74) is 1.95. The second-order valence-electron chi connectivity index (χ2n) is 6.40. The number of ether oxygens (including phenoxy) is 1. The highest BCUT2D eigenvalue weighted by atomic mass is 35.5. The largest absolute Gasteiger partial charge is 0.481 e. The second kappa shape index (κ2) is 8.61. The number of halogens is 1. The molecule has 0 radical (unpaired) electrons. The van der Waals surface area contributed by atoms with Gasteiger partial charge in [-0.25, -0.2) is 4.98 Å². The number of aromatic nitrogens is 2. The normalized spacial score (nSPS) is 10.7. The number of carbonyl (C=O) groups excluding carboxylic acids is 2. The van der Waals surface area contributed by atoms with Gasteiger partial charge in [-0.05, 0) is 24.3 Å². The zero-order chi connectivity index (χ0) is 21.1. The van der Waals surface area contributed by atoms with Gasteiger partial charge in [0.25, 0.3) is 5.91 Å². The van der Waals surface area contributed by atoms with Crippen LogP contribution in [0.2, 0.25) is 5.02 Å². The SMILES string of the molecule is CC(=O)c1sc(NC(=O)COc2ccc(Cl)c3cccnc23)nc1-c1ccccc1. The van der Waals surface area contributed by atoms with Crippen LogP contribution in [0.4, 0.5) is 5.13 Å². The first-order valence-corrected chi connectivity index (χ1v) is 10.3. The van der Waals surface area contributed by atoms with Crippen LogP contribution in [0, 0.1) is 0 Å². The van der Waals surface area contributed by atoms with Crippen LogP contribution in [0.1, 0.15) is 16.6 Å². The van der Waals surface area contributed by atoms with Crippen LogP contribution >= 0.6 is 22.9 Å². The van der Waals surface area contributed by atoms with E-state index >= 15 is 0 Å². The third-order valence-corrected chi connectivity index (χ3v) is 5.68. The minimum absolute atomic E-state index is 0.109. The maximum atomic E-state index is 12.4. The number of ketones is 1. The Balaban J connectivity index is 1.50. The van der Waals surface area contributed by atoms with Crippen molar-refractivity contribution < 1.29 is 14.3 Å². The molecule has 0 aliphatic rings. The molecule has 6 nitrogen and oxygen atoms in total. The Morgan fingerprint density at radius 2 is 1.90 bits per heavy atom. The van der Waals surface area contributed by atoms with Gasteiger partial charge < -0.3 is 4.74 Å². The Morgan fingerprint density at radius 1 is 1.10 bits per heavy atom. The van der Waals surface area contributed by atoms with Crippen molar-refractivity contribution in [2.45, 2.75) is 6.92 Å². The van der Waals surface area contributed by atoms with E-state index in [4.69, 9.17) is 16.3 Å². The number of benzene rings is 2. The highest BCUT2D eigenvalue weighted by Crippen LogP contribution is 2.32. The van der Waals surface area contributed by atoms with Crippen LogP contribution in [0.15, 0.2) is 60.8 Å². The fourth-order valence-corrected chi connectivity index (χ4v) is 4.05. The minimum Gasteiger partial charge on any atom is -0.481 e. The molecule has 2 aromatic carbocycles. The number of hydrogen-bond donors (Lipinski definition) is 1. The van der Waals surface area contributed by atoms with Crippen molar-refractivity contribution in [3.8, 4) is 17.0 Å². The lowest BCUT2D eigenvalue weighted by molar-refractivity contribution is -0.118. The molecule has 0 aliphatic carbocycles. The zero-order valence-corrected chi connectivity index (χ0v) is 17.5. The van der Waals surface area contributed by atoms with Crippen LogP contribution in [0.3, 0.4) is 0 Å². The first-order chi connectivity index (χ1) is 14.5. The molecular weight excluding hydrogens is 422 g/mol. The lowest BCUT2D eigenvalue weighted by Crippen LogP contribution is -2.20. The Bertz CT molecular complexity index is 1240. The molecule has 0 bridgehead atoms. The first kappa shape index (κ1) is 20.0. The highest BCUT2D eigenvalue weighted by molar-refractivity contribution is 7.18. The molecule has 4 aromatic rings. The van der Waals surface area contributed by atoms with Crippen molar-refractivity contribution in [1.82, 2.24) is 9.97 Å². The van der Waals surface area contributed by atoms with E-state index in [-0.39, 0.29) is 12.4 Å². The molecule has 0 atom stereocenters. The predicted octanol–water partition coefficient (Wildman–Crippen LogP) is 5.23. The Hall–Kier alpha value is -3.29. The standard InChI is InChI=1S/C22H16ClN3O3S/c1-13(27)21-19(14-6-3-2-4-7-14)26-22(30-21)25-18(28)12-29-17-10-9-16(23)15-8-5-11-24-20(15)17/h2-11H,12H2,1H3,(H,25,26,28). The summed E-state index contributed by atoms with van der Waals surface area (Å²) in [6.45, 7) is 1.25. The number of pyridine rings is 1. The average molecular weight is 438 g/mol. The van der Waals surface area contributed by atoms with E-state index in [0.717, 1.165) is 22.3 Å². The van der Waals surface area contributed by atoms with Gasteiger partial charge in [-0.15, -0.1) is 0 Å². The summed E-state index contributed by atoms with van der Waals surface area (Å²) in [6, 6.07) is 16.4. The lowest BCUT2D eigenvalue weighted by atomic mass is 10.1. The zero-order valence-electron chi connectivity index (χ0n) is 15.9.